The lowest BCUT2D eigenvalue weighted by Crippen LogP contribution is -2.27. The molecular formula is C22H22FN3O2. The van der Waals surface area contributed by atoms with Crippen LogP contribution in [0.5, 0.6) is 0 Å². The van der Waals surface area contributed by atoms with E-state index < -0.39 is 5.82 Å². The molecule has 0 saturated carbocycles. The predicted molar refractivity (Wildman–Crippen MR) is 108 cm³/mol. The largest absolute Gasteiger partial charge is 0.338 e. The van der Waals surface area contributed by atoms with Crippen LogP contribution in [0.4, 0.5) is 15.8 Å². The molecule has 1 N–H and O–H groups in total. The van der Waals surface area contributed by atoms with Crippen LogP contribution in [0.25, 0.3) is 10.9 Å². The number of nitrogens with one attached hydrogen (secondary N) is 1. The van der Waals surface area contributed by atoms with Gasteiger partial charge in [-0.1, -0.05) is 17.7 Å². The van der Waals surface area contributed by atoms with Gasteiger partial charge in [0.1, 0.15) is 11.5 Å². The van der Waals surface area contributed by atoms with Crippen molar-refractivity contribution in [2.24, 2.45) is 7.05 Å². The van der Waals surface area contributed by atoms with Crippen LogP contribution in [0, 0.1) is 19.7 Å². The summed E-state index contributed by atoms with van der Waals surface area (Å²) in [7, 11) is 1.77. The van der Waals surface area contributed by atoms with Crippen molar-refractivity contribution < 1.29 is 14.0 Å². The molecule has 0 unspecified atom stereocenters. The van der Waals surface area contributed by atoms with Gasteiger partial charge in [0.25, 0.3) is 5.91 Å². The molecule has 1 aliphatic heterocycles. The van der Waals surface area contributed by atoms with E-state index in [1.165, 1.54) is 12.1 Å². The van der Waals surface area contributed by atoms with Gasteiger partial charge in [0.05, 0.1) is 11.2 Å². The van der Waals surface area contributed by atoms with Gasteiger partial charge in [-0.25, -0.2) is 4.39 Å². The highest BCUT2D eigenvalue weighted by atomic mass is 19.1. The van der Waals surface area contributed by atoms with Crippen molar-refractivity contribution in [3.05, 3.63) is 59.0 Å². The summed E-state index contributed by atoms with van der Waals surface area (Å²) in [5.41, 5.74) is 4.33. The predicted octanol–water partition coefficient (Wildman–Crippen LogP) is 4.31. The maximum absolute atomic E-state index is 14.0. The van der Waals surface area contributed by atoms with Crippen LogP contribution in [-0.2, 0) is 11.8 Å². The second-order valence-corrected chi connectivity index (χ2v) is 7.34. The van der Waals surface area contributed by atoms with Crippen molar-refractivity contribution in [3.63, 3.8) is 0 Å². The molecule has 0 spiro atoms. The average molecular weight is 379 g/mol. The molecule has 2 heterocycles. The molecule has 1 aromatic heterocycles. The van der Waals surface area contributed by atoms with Gasteiger partial charge < -0.3 is 14.8 Å². The maximum atomic E-state index is 14.0. The van der Waals surface area contributed by atoms with Crippen LogP contribution < -0.4 is 10.2 Å². The number of anilines is 2. The first-order valence-electron chi connectivity index (χ1n) is 9.33. The van der Waals surface area contributed by atoms with Gasteiger partial charge in [0.15, 0.2) is 0 Å². The zero-order valence-electron chi connectivity index (χ0n) is 16.2. The summed E-state index contributed by atoms with van der Waals surface area (Å²) in [6.07, 6.45) is 1.16. The average Bonchev–Trinajstić information content (AvgIpc) is 3.18. The Balaban J connectivity index is 1.86. The summed E-state index contributed by atoms with van der Waals surface area (Å²) in [5.74, 6) is -0.759. The standard InChI is InChI=1S/C22H22FN3O2/c1-13-6-8-17(14(2)11-13)24-22(28)21-20(26-10-4-5-19(26)27)16-12-15(23)7-9-18(16)25(21)3/h6-9,11-12H,4-5,10H2,1-3H3,(H,24,28). The summed E-state index contributed by atoms with van der Waals surface area (Å²) in [5, 5.41) is 3.53. The number of amides is 2. The Labute approximate surface area is 162 Å². The molecule has 144 valence electrons. The number of aromatic nitrogens is 1. The molecule has 0 radical (unpaired) electrons. The molecule has 1 aliphatic rings. The maximum Gasteiger partial charge on any atom is 0.274 e. The van der Waals surface area contributed by atoms with E-state index >= 15 is 0 Å². The number of hydrogen-bond donors (Lipinski definition) is 1. The lowest BCUT2D eigenvalue weighted by atomic mass is 10.1. The van der Waals surface area contributed by atoms with E-state index in [4.69, 9.17) is 0 Å². The van der Waals surface area contributed by atoms with Crippen LogP contribution in [0.15, 0.2) is 36.4 Å². The Morgan fingerprint density at radius 3 is 2.61 bits per heavy atom. The Hall–Kier alpha value is -3.15. The Morgan fingerprint density at radius 1 is 1.14 bits per heavy atom. The van der Waals surface area contributed by atoms with Crippen molar-refractivity contribution in [1.82, 2.24) is 4.57 Å². The van der Waals surface area contributed by atoms with Gasteiger partial charge in [-0.2, -0.15) is 0 Å². The fourth-order valence-corrected chi connectivity index (χ4v) is 3.95. The zero-order chi connectivity index (χ0) is 20.0. The molecule has 3 aromatic rings. The molecule has 2 amide bonds. The van der Waals surface area contributed by atoms with Crippen LogP contribution >= 0.6 is 0 Å². The topological polar surface area (TPSA) is 54.3 Å². The van der Waals surface area contributed by atoms with E-state index in [9.17, 15) is 14.0 Å². The minimum absolute atomic E-state index is 0.0441. The summed E-state index contributed by atoms with van der Waals surface area (Å²) in [4.78, 5) is 27.3. The number of halogens is 1. The fraction of sp³-hybridized carbons (Fsp3) is 0.273. The molecule has 0 bridgehead atoms. The number of benzene rings is 2. The number of fused-ring (bicyclic) bond motifs is 1. The minimum atomic E-state index is -0.396. The molecule has 1 fully saturated rings. The summed E-state index contributed by atoms with van der Waals surface area (Å²) in [6.45, 7) is 4.46. The Morgan fingerprint density at radius 2 is 1.93 bits per heavy atom. The molecule has 2 aromatic carbocycles. The van der Waals surface area contributed by atoms with Gasteiger partial charge in [-0.15, -0.1) is 0 Å². The number of carbonyl (C=O) groups is 2. The van der Waals surface area contributed by atoms with Crippen LogP contribution in [0.2, 0.25) is 0 Å². The summed E-state index contributed by atoms with van der Waals surface area (Å²) in [6, 6.07) is 10.2. The second-order valence-electron chi connectivity index (χ2n) is 7.34. The third kappa shape index (κ3) is 2.95. The zero-order valence-corrected chi connectivity index (χ0v) is 16.2. The fourth-order valence-electron chi connectivity index (χ4n) is 3.95. The molecule has 4 rings (SSSR count). The first-order chi connectivity index (χ1) is 13.4. The van der Waals surface area contributed by atoms with E-state index in [2.05, 4.69) is 5.32 Å². The number of nitrogens with zero attached hydrogens (tertiary/aromatic N) is 2. The molecule has 1 saturated heterocycles. The lowest BCUT2D eigenvalue weighted by molar-refractivity contribution is -0.117. The molecule has 0 atom stereocenters. The highest BCUT2D eigenvalue weighted by Gasteiger charge is 2.31. The molecule has 0 aliphatic carbocycles. The van der Waals surface area contributed by atoms with Gasteiger partial charge >= 0.3 is 0 Å². The van der Waals surface area contributed by atoms with Crippen LogP contribution in [0.1, 0.15) is 34.5 Å². The molecular weight excluding hydrogens is 357 g/mol. The van der Waals surface area contributed by atoms with Crippen LogP contribution in [-0.4, -0.2) is 22.9 Å². The molecule has 6 heteroatoms. The van der Waals surface area contributed by atoms with Crippen molar-refractivity contribution in [3.8, 4) is 0 Å². The SMILES string of the molecule is Cc1ccc(NC(=O)c2c(N3CCCC3=O)c3cc(F)ccc3n2C)c(C)c1. The minimum Gasteiger partial charge on any atom is -0.338 e. The van der Waals surface area contributed by atoms with E-state index in [1.54, 1.807) is 22.6 Å². The summed E-state index contributed by atoms with van der Waals surface area (Å²) < 4.78 is 15.7. The Bertz CT molecular complexity index is 1120. The van der Waals surface area contributed by atoms with E-state index in [0.717, 1.165) is 17.5 Å². The highest BCUT2D eigenvalue weighted by Crippen LogP contribution is 2.37. The van der Waals surface area contributed by atoms with Gasteiger partial charge in [0.2, 0.25) is 5.91 Å². The monoisotopic (exact) mass is 379 g/mol. The van der Waals surface area contributed by atoms with Gasteiger partial charge in [0, 0.05) is 31.1 Å². The summed E-state index contributed by atoms with van der Waals surface area (Å²) >= 11 is 0. The van der Waals surface area contributed by atoms with E-state index in [0.29, 0.717) is 40.9 Å². The van der Waals surface area contributed by atoms with Crippen molar-refractivity contribution >= 4 is 34.1 Å². The molecule has 28 heavy (non-hydrogen) atoms. The number of aryl methyl sites for hydroxylation is 3. The molecule has 5 nitrogen and oxygen atoms in total. The number of carbonyl (C=O) groups excluding carboxylic acids is 2. The van der Waals surface area contributed by atoms with E-state index in [1.807, 2.05) is 32.0 Å². The van der Waals surface area contributed by atoms with Crippen molar-refractivity contribution in [2.45, 2.75) is 26.7 Å². The highest BCUT2D eigenvalue weighted by molar-refractivity contribution is 6.17. The van der Waals surface area contributed by atoms with Crippen LogP contribution in [0.3, 0.4) is 0 Å². The first-order valence-corrected chi connectivity index (χ1v) is 9.33. The quantitative estimate of drug-likeness (QED) is 0.737. The van der Waals surface area contributed by atoms with Gasteiger partial charge in [-0.05, 0) is 50.1 Å². The lowest BCUT2D eigenvalue weighted by Gasteiger charge is -2.18. The number of rotatable bonds is 3. The smallest absolute Gasteiger partial charge is 0.274 e. The normalized spacial score (nSPS) is 14.1. The van der Waals surface area contributed by atoms with Crippen molar-refractivity contribution in [1.29, 1.82) is 0 Å². The Kier molecular flexibility index (Phi) is 4.41. The first kappa shape index (κ1) is 18.2. The second kappa shape index (κ2) is 6.78. The van der Waals surface area contributed by atoms with E-state index in [-0.39, 0.29) is 11.8 Å². The van der Waals surface area contributed by atoms with Crippen molar-refractivity contribution in [2.75, 3.05) is 16.8 Å². The van der Waals surface area contributed by atoms with Gasteiger partial charge in [-0.3, -0.25) is 9.59 Å². The number of hydrogen-bond acceptors (Lipinski definition) is 2. The third-order valence-corrected chi connectivity index (χ3v) is 5.32. The third-order valence-electron chi connectivity index (χ3n) is 5.32.